The molecule has 10 heteroatoms. The second kappa shape index (κ2) is 10.0. The van der Waals surface area contributed by atoms with Crippen LogP contribution >= 0.6 is 0 Å². The number of hydrogen-bond donors (Lipinski definition) is 1. The molecule has 2 fully saturated rings. The lowest BCUT2D eigenvalue weighted by Gasteiger charge is -2.46. The molecule has 2 aliphatic heterocycles. The predicted octanol–water partition coefficient (Wildman–Crippen LogP) is 6.25. The number of rotatable bonds is 7. The van der Waals surface area contributed by atoms with E-state index >= 15 is 0 Å². The number of hydrogen-bond acceptors (Lipinski definition) is 5. The van der Waals surface area contributed by atoms with E-state index in [1.807, 2.05) is 17.0 Å². The van der Waals surface area contributed by atoms with Crippen LogP contribution < -0.4 is 9.47 Å². The fraction of sp³-hybridized carbons (Fsp3) is 0.571. The molecule has 0 amide bonds. The summed E-state index contributed by atoms with van der Waals surface area (Å²) in [6.07, 6.45) is 0.221. The van der Waals surface area contributed by atoms with E-state index in [-0.39, 0.29) is 17.2 Å². The van der Waals surface area contributed by atoms with Crippen LogP contribution in [0.4, 0.5) is 17.6 Å². The van der Waals surface area contributed by atoms with Gasteiger partial charge in [0.25, 0.3) is 0 Å². The molecule has 1 aliphatic carbocycles. The number of carboxylic acid groups (broad SMARTS) is 1. The molecule has 1 saturated heterocycles. The number of aliphatic carboxylic acids is 1. The Balaban J connectivity index is 1.28. The second-order valence-corrected chi connectivity index (χ2v) is 10.9. The average Bonchev–Trinajstić information content (AvgIpc) is 3.69. The molecule has 38 heavy (non-hydrogen) atoms. The molecule has 1 aromatic carbocycles. The summed E-state index contributed by atoms with van der Waals surface area (Å²) in [7, 11) is 0. The maximum absolute atomic E-state index is 14.5. The maximum Gasteiger partial charge on any atom is 0.574 e. The summed E-state index contributed by atoms with van der Waals surface area (Å²) in [5.41, 5.74) is 1.65. The highest BCUT2D eigenvalue weighted by atomic mass is 19.4. The van der Waals surface area contributed by atoms with Gasteiger partial charge in [0.1, 0.15) is 17.2 Å². The molecule has 1 aromatic heterocycles. The zero-order valence-electron chi connectivity index (χ0n) is 21.4. The topological polar surface area (TPSA) is 71.9 Å². The Labute approximate surface area is 218 Å². The Hall–Kier alpha value is -2.88. The molecule has 0 bridgehead atoms. The zero-order valence-corrected chi connectivity index (χ0v) is 21.4. The Morgan fingerprint density at radius 1 is 1.16 bits per heavy atom. The van der Waals surface area contributed by atoms with E-state index in [1.165, 1.54) is 0 Å². The molecule has 0 radical (unpaired) electrons. The van der Waals surface area contributed by atoms with Gasteiger partial charge in [-0.15, -0.1) is 13.2 Å². The van der Waals surface area contributed by atoms with Crippen molar-refractivity contribution in [1.82, 2.24) is 9.88 Å². The molecule has 1 unspecified atom stereocenters. The summed E-state index contributed by atoms with van der Waals surface area (Å²) in [5.74, 6) is -1.47. The monoisotopic (exact) mass is 536 g/mol. The van der Waals surface area contributed by atoms with Crippen LogP contribution in [0.1, 0.15) is 74.7 Å². The van der Waals surface area contributed by atoms with E-state index in [0.717, 1.165) is 54.7 Å². The molecule has 3 heterocycles. The predicted molar refractivity (Wildman–Crippen MR) is 130 cm³/mol. The van der Waals surface area contributed by atoms with Crippen molar-refractivity contribution in [2.45, 2.75) is 76.3 Å². The van der Waals surface area contributed by atoms with Gasteiger partial charge in [-0.25, -0.2) is 9.37 Å². The highest BCUT2D eigenvalue weighted by molar-refractivity contribution is 5.71. The Morgan fingerprint density at radius 2 is 1.87 bits per heavy atom. The van der Waals surface area contributed by atoms with Crippen LogP contribution in [0.2, 0.25) is 0 Å². The van der Waals surface area contributed by atoms with Crippen LogP contribution in [-0.2, 0) is 11.2 Å². The molecular formula is C28H32F4N2O4. The first-order valence-corrected chi connectivity index (χ1v) is 13.2. The van der Waals surface area contributed by atoms with Gasteiger partial charge in [-0.3, -0.25) is 9.69 Å². The molecular weight excluding hydrogens is 504 g/mol. The van der Waals surface area contributed by atoms with Crippen LogP contribution in [0.5, 0.6) is 11.6 Å². The van der Waals surface area contributed by atoms with Gasteiger partial charge in [-0.2, -0.15) is 0 Å². The molecule has 2 aromatic rings. The van der Waals surface area contributed by atoms with Crippen LogP contribution in [0.15, 0.2) is 30.3 Å². The number of carboxylic acids is 1. The van der Waals surface area contributed by atoms with Gasteiger partial charge in [0.15, 0.2) is 0 Å². The van der Waals surface area contributed by atoms with Crippen LogP contribution in [0.25, 0.3) is 0 Å². The lowest BCUT2D eigenvalue weighted by Crippen LogP contribution is -2.50. The summed E-state index contributed by atoms with van der Waals surface area (Å²) in [5, 5.41) is 9.64. The number of carbonyl (C=O) groups is 1. The molecule has 1 spiro atoms. The van der Waals surface area contributed by atoms with E-state index < -0.39 is 36.0 Å². The molecule has 206 valence electrons. The number of ether oxygens (including phenoxy) is 2. The smallest absolute Gasteiger partial charge is 0.487 e. The largest absolute Gasteiger partial charge is 0.574 e. The normalized spacial score (nSPS) is 21.7. The number of benzene rings is 1. The summed E-state index contributed by atoms with van der Waals surface area (Å²) >= 11 is 0. The van der Waals surface area contributed by atoms with Gasteiger partial charge >= 0.3 is 12.3 Å². The first-order chi connectivity index (χ1) is 17.9. The summed E-state index contributed by atoms with van der Waals surface area (Å²) < 4.78 is 62.9. The number of alkyl halides is 3. The summed E-state index contributed by atoms with van der Waals surface area (Å²) in [6.45, 7) is 4.64. The molecule has 1 saturated carbocycles. The third-order valence-electron chi connectivity index (χ3n) is 8.43. The fourth-order valence-corrected chi connectivity index (χ4v) is 6.06. The van der Waals surface area contributed by atoms with Gasteiger partial charge in [-0.1, -0.05) is 19.1 Å². The van der Waals surface area contributed by atoms with E-state index in [1.54, 1.807) is 13.8 Å². The SMILES string of the molecule is CC(c1nc(OC(F)(F)F)ccc1F)N1CCC2(CCc3ccc([C@H](C4CC4)[C@H](C)C(=O)O)cc3O2)CC1. The van der Waals surface area contributed by atoms with Crippen molar-refractivity contribution in [3.63, 3.8) is 0 Å². The number of pyridine rings is 1. The second-order valence-electron chi connectivity index (χ2n) is 10.9. The number of aryl methyl sites for hydroxylation is 1. The molecule has 3 aliphatic rings. The third kappa shape index (κ3) is 5.60. The molecule has 3 atom stereocenters. The first kappa shape index (κ1) is 26.7. The highest BCUT2D eigenvalue weighted by Crippen LogP contribution is 2.49. The van der Waals surface area contributed by atoms with E-state index in [2.05, 4.69) is 15.8 Å². The van der Waals surface area contributed by atoms with Crippen molar-refractivity contribution in [2.75, 3.05) is 13.1 Å². The lowest BCUT2D eigenvalue weighted by molar-refractivity contribution is -0.276. The van der Waals surface area contributed by atoms with Crippen molar-refractivity contribution in [3.05, 3.63) is 53.0 Å². The Kier molecular flexibility index (Phi) is 7.04. The summed E-state index contributed by atoms with van der Waals surface area (Å²) in [6, 6.07) is 7.41. The number of likely N-dealkylation sites (tertiary alicyclic amines) is 1. The van der Waals surface area contributed by atoms with Crippen LogP contribution in [0, 0.1) is 17.7 Å². The number of aromatic nitrogens is 1. The van der Waals surface area contributed by atoms with Crippen molar-refractivity contribution in [2.24, 2.45) is 11.8 Å². The van der Waals surface area contributed by atoms with Gasteiger partial charge in [0, 0.05) is 19.2 Å². The van der Waals surface area contributed by atoms with Crippen LogP contribution in [-0.4, -0.2) is 46.0 Å². The molecule has 5 rings (SSSR count). The number of piperidine rings is 1. The van der Waals surface area contributed by atoms with Gasteiger partial charge in [-0.05, 0) is 80.5 Å². The van der Waals surface area contributed by atoms with E-state index in [4.69, 9.17) is 4.74 Å². The van der Waals surface area contributed by atoms with Crippen molar-refractivity contribution in [3.8, 4) is 11.6 Å². The van der Waals surface area contributed by atoms with Crippen molar-refractivity contribution in [1.29, 1.82) is 0 Å². The van der Waals surface area contributed by atoms with Crippen LogP contribution in [0.3, 0.4) is 0 Å². The summed E-state index contributed by atoms with van der Waals surface area (Å²) in [4.78, 5) is 17.6. The van der Waals surface area contributed by atoms with Crippen molar-refractivity contribution >= 4 is 5.97 Å². The van der Waals surface area contributed by atoms with Gasteiger partial charge in [0.2, 0.25) is 5.88 Å². The fourth-order valence-electron chi connectivity index (χ4n) is 6.06. The number of halogens is 4. The maximum atomic E-state index is 14.5. The van der Waals surface area contributed by atoms with Crippen molar-refractivity contribution < 1.29 is 36.9 Å². The minimum Gasteiger partial charge on any atom is -0.487 e. The average molecular weight is 537 g/mol. The van der Waals surface area contributed by atoms with Gasteiger partial charge in [0.05, 0.1) is 17.7 Å². The lowest BCUT2D eigenvalue weighted by atomic mass is 9.80. The Bertz CT molecular complexity index is 1190. The quantitative estimate of drug-likeness (QED) is 0.422. The first-order valence-electron chi connectivity index (χ1n) is 13.2. The molecule has 6 nitrogen and oxygen atoms in total. The van der Waals surface area contributed by atoms with Gasteiger partial charge < -0.3 is 14.6 Å². The minimum absolute atomic E-state index is 0.0403. The van der Waals surface area contributed by atoms with E-state index in [9.17, 15) is 27.5 Å². The number of nitrogens with zero attached hydrogens (tertiary/aromatic N) is 2. The number of fused-ring (bicyclic) bond motifs is 1. The van der Waals surface area contributed by atoms with E-state index in [0.29, 0.717) is 31.8 Å². The Morgan fingerprint density at radius 3 is 2.50 bits per heavy atom. The standard InChI is InChI=1S/C28H32F4N2O4/c1-16(26(35)36)24(19-4-5-19)20-6-3-18-9-10-27(37-22(18)15-20)11-13-34(14-12-27)17(2)25-21(29)7-8-23(33-25)38-28(30,31)32/h3,6-8,15-17,19,24H,4-5,9-14H2,1-2H3,(H,35,36)/t16-,17?,24-/m0/s1. The third-order valence-corrected chi connectivity index (χ3v) is 8.43. The highest BCUT2D eigenvalue weighted by Gasteiger charge is 2.43. The minimum atomic E-state index is -4.90. The molecule has 1 N–H and O–H groups in total. The zero-order chi connectivity index (χ0) is 27.2.